The second-order valence-electron chi connectivity index (χ2n) is 7.13. The predicted octanol–water partition coefficient (Wildman–Crippen LogP) is 6.60. The summed E-state index contributed by atoms with van der Waals surface area (Å²) >= 11 is 13.6. The third-order valence-electron chi connectivity index (χ3n) is 4.79. The zero-order valence-electron chi connectivity index (χ0n) is 16.8. The van der Waals surface area contributed by atoms with Crippen molar-refractivity contribution in [1.29, 1.82) is 0 Å². The average Bonchev–Trinajstić information content (AvgIpc) is 2.96. The van der Waals surface area contributed by atoms with Gasteiger partial charge in [-0.25, -0.2) is 4.90 Å². The number of imide groups is 1. The molecule has 0 spiro atoms. The Balaban J connectivity index is 1.75. The monoisotopic (exact) mass is 468 g/mol. The van der Waals surface area contributed by atoms with E-state index in [0.29, 0.717) is 26.3 Å². The first kappa shape index (κ1) is 21.5. The van der Waals surface area contributed by atoms with Crippen LogP contribution >= 0.6 is 35.0 Å². The van der Waals surface area contributed by atoms with Crippen LogP contribution in [0, 0.1) is 13.8 Å². The van der Waals surface area contributed by atoms with E-state index in [2.05, 4.69) is 5.32 Å². The van der Waals surface area contributed by atoms with Gasteiger partial charge >= 0.3 is 0 Å². The Hall–Kier alpha value is -2.73. The molecule has 0 aliphatic carbocycles. The Morgan fingerprint density at radius 3 is 2.29 bits per heavy atom. The van der Waals surface area contributed by atoms with Crippen LogP contribution in [0.25, 0.3) is 0 Å². The van der Waals surface area contributed by atoms with E-state index in [1.165, 1.54) is 11.8 Å². The molecule has 4 nitrogen and oxygen atoms in total. The molecule has 1 N–H and O–H groups in total. The molecular weight excluding hydrogens is 451 g/mol. The van der Waals surface area contributed by atoms with Crippen LogP contribution in [0.1, 0.15) is 11.1 Å². The maximum Gasteiger partial charge on any atom is 0.283 e. The summed E-state index contributed by atoms with van der Waals surface area (Å²) in [7, 11) is 0. The zero-order valence-corrected chi connectivity index (χ0v) is 19.1. The number of amides is 2. The van der Waals surface area contributed by atoms with Gasteiger partial charge in [-0.05, 0) is 61.9 Å². The number of halogens is 2. The SMILES string of the molecule is Cc1ccc(SC2=C(Nc3cccc(Cl)c3)C(=O)N(c3ccc(C)c(Cl)c3)C2=O)cc1. The third kappa shape index (κ3) is 4.49. The fraction of sp³-hybridized carbons (Fsp3) is 0.0833. The van der Waals surface area contributed by atoms with E-state index in [-0.39, 0.29) is 5.70 Å². The summed E-state index contributed by atoms with van der Waals surface area (Å²) in [4.78, 5) is 29.0. The topological polar surface area (TPSA) is 49.4 Å². The lowest BCUT2D eigenvalue weighted by atomic mass is 10.2. The van der Waals surface area contributed by atoms with E-state index in [9.17, 15) is 9.59 Å². The van der Waals surface area contributed by atoms with Gasteiger partial charge in [0.1, 0.15) is 10.6 Å². The van der Waals surface area contributed by atoms with Crippen molar-refractivity contribution in [3.05, 3.63) is 98.5 Å². The molecule has 0 fully saturated rings. The number of anilines is 2. The summed E-state index contributed by atoms with van der Waals surface area (Å²) in [6, 6.07) is 19.9. The van der Waals surface area contributed by atoms with Gasteiger partial charge in [-0.3, -0.25) is 9.59 Å². The number of rotatable bonds is 5. The first-order chi connectivity index (χ1) is 14.8. The molecule has 7 heteroatoms. The molecular formula is C24H18Cl2N2O2S. The highest BCUT2D eigenvalue weighted by molar-refractivity contribution is 8.04. The Morgan fingerprint density at radius 2 is 1.61 bits per heavy atom. The first-order valence-corrected chi connectivity index (χ1v) is 11.1. The van der Waals surface area contributed by atoms with Gasteiger partial charge in [0.2, 0.25) is 0 Å². The summed E-state index contributed by atoms with van der Waals surface area (Å²) in [5.41, 5.74) is 3.23. The lowest BCUT2D eigenvalue weighted by Crippen LogP contribution is -2.32. The van der Waals surface area contributed by atoms with E-state index in [1.54, 1.807) is 42.5 Å². The molecule has 3 aromatic rings. The molecule has 0 radical (unpaired) electrons. The van der Waals surface area contributed by atoms with E-state index < -0.39 is 11.8 Å². The number of carbonyl (C=O) groups excluding carboxylic acids is 2. The maximum atomic E-state index is 13.4. The molecule has 1 aliphatic heterocycles. The highest BCUT2D eigenvalue weighted by atomic mass is 35.5. The maximum absolute atomic E-state index is 13.4. The average molecular weight is 469 g/mol. The highest BCUT2D eigenvalue weighted by Crippen LogP contribution is 2.38. The summed E-state index contributed by atoms with van der Waals surface area (Å²) in [5, 5.41) is 4.11. The summed E-state index contributed by atoms with van der Waals surface area (Å²) < 4.78 is 0. The standard InChI is InChI=1S/C24H18Cl2N2O2S/c1-14-6-10-19(11-7-14)31-22-21(27-17-5-3-4-16(25)12-17)23(29)28(24(22)30)18-9-8-15(2)20(26)13-18/h3-13,27H,1-2H3. The van der Waals surface area contributed by atoms with Crippen LogP contribution in [0.3, 0.4) is 0 Å². The fourth-order valence-corrected chi connectivity index (χ4v) is 4.40. The Labute approximate surface area is 194 Å². The Kier molecular flexibility index (Phi) is 6.10. The molecule has 4 rings (SSSR count). The van der Waals surface area contributed by atoms with E-state index in [4.69, 9.17) is 23.2 Å². The summed E-state index contributed by atoms with van der Waals surface area (Å²) in [6.07, 6.45) is 0. The van der Waals surface area contributed by atoms with Crippen molar-refractivity contribution in [3.8, 4) is 0 Å². The summed E-state index contributed by atoms with van der Waals surface area (Å²) in [6.45, 7) is 3.86. The second-order valence-corrected chi connectivity index (χ2v) is 9.06. The molecule has 0 bridgehead atoms. The lowest BCUT2D eigenvalue weighted by Gasteiger charge is -2.16. The smallest absolute Gasteiger partial charge is 0.283 e. The minimum atomic E-state index is -0.445. The molecule has 0 atom stereocenters. The van der Waals surface area contributed by atoms with Crippen LogP contribution in [0.2, 0.25) is 10.0 Å². The molecule has 0 saturated carbocycles. The Morgan fingerprint density at radius 1 is 0.871 bits per heavy atom. The van der Waals surface area contributed by atoms with Gasteiger partial charge in [0.25, 0.3) is 11.8 Å². The number of hydrogen-bond donors (Lipinski definition) is 1. The first-order valence-electron chi connectivity index (χ1n) is 9.50. The largest absolute Gasteiger partial charge is 0.350 e. The molecule has 3 aromatic carbocycles. The van der Waals surface area contributed by atoms with Crippen molar-refractivity contribution in [2.24, 2.45) is 0 Å². The predicted molar refractivity (Wildman–Crippen MR) is 128 cm³/mol. The van der Waals surface area contributed by atoms with Crippen molar-refractivity contribution < 1.29 is 9.59 Å². The van der Waals surface area contributed by atoms with Crippen molar-refractivity contribution in [1.82, 2.24) is 0 Å². The van der Waals surface area contributed by atoms with E-state index >= 15 is 0 Å². The number of thioether (sulfide) groups is 1. The van der Waals surface area contributed by atoms with Gasteiger partial charge in [-0.1, -0.05) is 64.8 Å². The van der Waals surface area contributed by atoms with Crippen molar-refractivity contribution >= 4 is 58.2 Å². The zero-order chi connectivity index (χ0) is 22.1. The number of carbonyl (C=O) groups is 2. The number of benzene rings is 3. The van der Waals surface area contributed by atoms with Crippen LogP contribution in [0.15, 0.2) is 82.2 Å². The van der Waals surface area contributed by atoms with Gasteiger partial charge < -0.3 is 5.32 Å². The molecule has 2 amide bonds. The quantitative estimate of drug-likeness (QED) is 0.428. The molecule has 156 valence electrons. The van der Waals surface area contributed by atoms with E-state index in [1.807, 2.05) is 38.1 Å². The summed E-state index contributed by atoms with van der Waals surface area (Å²) in [5.74, 6) is -0.848. The van der Waals surface area contributed by atoms with Crippen molar-refractivity contribution in [2.75, 3.05) is 10.2 Å². The molecule has 31 heavy (non-hydrogen) atoms. The number of nitrogens with zero attached hydrogens (tertiary/aromatic N) is 1. The van der Waals surface area contributed by atoms with Crippen LogP contribution in [0.5, 0.6) is 0 Å². The minimum absolute atomic E-state index is 0.203. The molecule has 0 aromatic heterocycles. The van der Waals surface area contributed by atoms with Gasteiger partial charge in [0.05, 0.1) is 5.69 Å². The third-order valence-corrected chi connectivity index (χ3v) is 6.52. The highest BCUT2D eigenvalue weighted by Gasteiger charge is 2.40. The fourth-order valence-electron chi connectivity index (χ4n) is 3.10. The number of aryl methyl sites for hydroxylation is 2. The van der Waals surface area contributed by atoms with Gasteiger partial charge in [-0.15, -0.1) is 0 Å². The lowest BCUT2D eigenvalue weighted by molar-refractivity contribution is -0.120. The minimum Gasteiger partial charge on any atom is -0.350 e. The van der Waals surface area contributed by atoms with Gasteiger partial charge in [0, 0.05) is 20.6 Å². The molecule has 1 heterocycles. The van der Waals surface area contributed by atoms with Crippen LogP contribution in [-0.4, -0.2) is 11.8 Å². The second kappa shape index (κ2) is 8.79. The Bertz CT molecular complexity index is 1220. The van der Waals surface area contributed by atoms with Crippen LogP contribution in [-0.2, 0) is 9.59 Å². The van der Waals surface area contributed by atoms with Crippen LogP contribution < -0.4 is 10.2 Å². The van der Waals surface area contributed by atoms with Gasteiger partial charge in [0.15, 0.2) is 0 Å². The molecule has 1 aliphatic rings. The van der Waals surface area contributed by atoms with E-state index in [0.717, 1.165) is 20.9 Å². The van der Waals surface area contributed by atoms with Crippen molar-refractivity contribution in [3.63, 3.8) is 0 Å². The molecule has 0 unspecified atom stereocenters. The normalized spacial score (nSPS) is 13.9. The van der Waals surface area contributed by atoms with Crippen molar-refractivity contribution in [2.45, 2.75) is 18.7 Å². The number of hydrogen-bond acceptors (Lipinski definition) is 4. The molecule has 0 saturated heterocycles. The van der Waals surface area contributed by atoms with Gasteiger partial charge in [-0.2, -0.15) is 0 Å². The number of nitrogens with one attached hydrogen (secondary N) is 1. The van der Waals surface area contributed by atoms with Crippen LogP contribution in [0.4, 0.5) is 11.4 Å².